The minimum atomic E-state index is -0.628. The molecule has 15 heavy (non-hydrogen) atoms. The van der Waals surface area contributed by atoms with E-state index >= 15 is 0 Å². The first kappa shape index (κ1) is 11.7. The molecule has 1 aromatic rings. The molecule has 0 aromatic heterocycles. The average Bonchev–Trinajstić information content (AvgIpc) is 2.19. The van der Waals surface area contributed by atoms with Gasteiger partial charge in [-0.3, -0.25) is 4.79 Å². The lowest BCUT2D eigenvalue weighted by Gasteiger charge is -2.10. The molecule has 0 aliphatic rings. The van der Waals surface area contributed by atoms with E-state index in [9.17, 15) is 9.90 Å². The minimum absolute atomic E-state index is 0.0587. The Hall–Kier alpha value is -1.35. The quantitative estimate of drug-likeness (QED) is 0.762. The van der Waals surface area contributed by atoms with Gasteiger partial charge in [-0.25, -0.2) is 0 Å². The number of aliphatic hydroxyl groups excluding tert-OH is 1. The lowest BCUT2D eigenvalue weighted by atomic mass is 10.1. The van der Waals surface area contributed by atoms with Gasteiger partial charge >= 0.3 is 5.97 Å². The molecule has 0 amide bonds. The molecule has 0 spiro atoms. The van der Waals surface area contributed by atoms with Crippen molar-refractivity contribution >= 4 is 5.97 Å². The number of ether oxygens (including phenoxy) is 1. The molecule has 0 heterocycles. The van der Waals surface area contributed by atoms with Crippen LogP contribution in [0.25, 0.3) is 0 Å². The van der Waals surface area contributed by atoms with Gasteiger partial charge in [-0.05, 0) is 12.5 Å². The van der Waals surface area contributed by atoms with Crippen molar-refractivity contribution < 1.29 is 14.6 Å². The molecule has 0 fully saturated rings. The average molecular weight is 208 g/mol. The Morgan fingerprint density at radius 1 is 1.40 bits per heavy atom. The Balaban J connectivity index is 2.40. The van der Waals surface area contributed by atoms with Crippen LogP contribution < -0.4 is 0 Å². The molecule has 3 nitrogen and oxygen atoms in total. The van der Waals surface area contributed by atoms with E-state index in [4.69, 9.17) is 4.74 Å². The number of aliphatic hydroxyl groups is 1. The van der Waals surface area contributed by atoms with Gasteiger partial charge in [0.1, 0.15) is 6.61 Å². The SMILES string of the molecule is CC(=O)OCC(O)Cc1ccc(C)cc1. The van der Waals surface area contributed by atoms with E-state index in [0.29, 0.717) is 6.42 Å². The van der Waals surface area contributed by atoms with Crippen LogP contribution in [0.3, 0.4) is 0 Å². The lowest BCUT2D eigenvalue weighted by molar-refractivity contribution is -0.143. The van der Waals surface area contributed by atoms with Crippen molar-refractivity contribution in [2.75, 3.05) is 6.61 Å². The maximum Gasteiger partial charge on any atom is 0.302 e. The van der Waals surface area contributed by atoms with Gasteiger partial charge in [0.15, 0.2) is 0 Å². The van der Waals surface area contributed by atoms with Gasteiger partial charge in [0, 0.05) is 13.3 Å². The molecule has 0 bridgehead atoms. The summed E-state index contributed by atoms with van der Waals surface area (Å²) in [5, 5.41) is 9.54. The van der Waals surface area contributed by atoms with Gasteiger partial charge in [-0.2, -0.15) is 0 Å². The van der Waals surface area contributed by atoms with Crippen molar-refractivity contribution in [1.29, 1.82) is 0 Å². The maximum atomic E-state index is 10.5. The number of hydrogen-bond acceptors (Lipinski definition) is 3. The van der Waals surface area contributed by atoms with Crippen LogP contribution in [-0.2, 0) is 16.0 Å². The first-order chi connectivity index (χ1) is 7.08. The van der Waals surface area contributed by atoms with E-state index in [-0.39, 0.29) is 12.6 Å². The molecule has 0 aliphatic carbocycles. The second-order valence-corrected chi connectivity index (χ2v) is 3.65. The molecule has 0 aliphatic heterocycles. The van der Waals surface area contributed by atoms with E-state index in [1.54, 1.807) is 0 Å². The smallest absolute Gasteiger partial charge is 0.302 e. The number of hydrogen-bond donors (Lipinski definition) is 1. The predicted molar refractivity (Wildman–Crippen MR) is 57.5 cm³/mol. The third-order valence-electron chi connectivity index (χ3n) is 2.07. The van der Waals surface area contributed by atoms with Gasteiger partial charge in [-0.1, -0.05) is 29.8 Å². The van der Waals surface area contributed by atoms with Crippen LogP contribution in [0.15, 0.2) is 24.3 Å². The van der Waals surface area contributed by atoms with E-state index in [2.05, 4.69) is 0 Å². The number of rotatable bonds is 4. The number of aryl methyl sites for hydroxylation is 1. The van der Waals surface area contributed by atoms with Crippen LogP contribution in [0.4, 0.5) is 0 Å². The second kappa shape index (κ2) is 5.51. The van der Waals surface area contributed by atoms with E-state index in [0.717, 1.165) is 5.56 Å². The molecule has 1 N–H and O–H groups in total. The summed E-state index contributed by atoms with van der Waals surface area (Å²) in [6.45, 7) is 3.40. The summed E-state index contributed by atoms with van der Waals surface area (Å²) in [5.41, 5.74) is 2.23. The summed E-state index contributed by atoms with van der Waals surface area (Å²) in [6, 6.07) is 7.92. The van der Waals surface area contributed by atoms with Crippen molar-refractivity contribution in [2.24, 2.45) is 0 Å². The van der Waals surface area contributed by atoms with Crippen molar-refractivity contribution in [1.82, 2.24) is 0 Å². The fourth-order valence-corrected chi connectivity index (χ4v) is 1.27. The molecular weight excluding hydrogens is 192 g/mol. The molecular formula is C12H16O3. The van der Waals surface area contributed by atoms with E-state index in [1.165, 1.54) is 12.5 Å². The van der Waals surface area contributed by atoms with Crippen LogP contribution in [0, 0.1) is 6.92 Å². The zero-order chi connectivity index (χ0) is 11.3. The summed E-state index contributed by atoms with van der Waals surface area (Å²) in [4.78, 5) is 10.5. The van der Waals surface area contributed by atoms with E-state index in [1.807, 2.05) is 31.2 Å². The highest BCUT2D eigenvalue weighted by molar-refractivity contribution is 5.65. The zero-order valence-electron chi connectivity index (χ0n) is 9.06. The molecule has 1 rings (SSSR count). The number of carbonyl (C=O) groups excluding carboxylic acids is 1. The topological polar surface area (TPSA) is 46.5 Å². The molecule has 0 radical (unpaired) electrons. The Bertz CT molecular complexity index is 316. The molecule has 1 unspecified atom stereocenters. The Morgan fingerprint density at radius 3 is 2.53 bits per heavy atom. The molecule has 0 saturated carbocycles. The highest BCUT2D eigenvalue weighted by atomic mass is 16.5. The Kier molecular flexibility index (Phi) is 4.31. The van der Waals surface area contributed by atoms with E-state index < -0.39 is 6.10 Å². The standard InChI is InChI=1S/C12H16O3/c1-9-3-5-11(6-4-9)7-12(14)8-15-10(2)13/h3-6,12,14H,7-8H2,1-2H3. The van der Waals surface area contributed by atoms with Crippen LogP contribution in [-0.4, -0.2) is 23.8 Å². The van der Waals surface area contributed by atoms with Gasteiger partial charge < -0.3 is 9.84 Å². The fourth-order valence-electron chi connectivity index (χ4n) is 1.27. The fraction of sp³-hybridized carbons (Fsp3) is 0.417. The predicted octanol–water partition coefficient (Wildman–Crippen LogP) is 1.46. The van der Waals surface area contributed by atoms with Crippen LogP contribution in [0.1, 0.15) is 18.1 Å². The van der Waals surface area contributed by atoms with Gasteiger partial charge in [0.05, 0.1) is 6.10 Å². The monoisotopic (exact) mass is 208 g/mol. The van der Waals surface area contributed by atoms with Gasteiger partial charge in [-0.15, -0.1) is 0 Å². The highest BCUT2D eigenvalue weighted by Gasteiger charge is 2.07. The normalized spacial score (nSPS) is 12.2. The van der Waals surface area contributed by atoms with Crippen LogP contribution in [0.5, 0.6) is 0 Å². The summed E-state index contributed by atoms with van der Waals surface area (Å²) < 4.78 is 4.71. The zero-order valence-corrected chi connectivity index (χ0v) is 9.06. The first-order valence-corrected chi connectivity index (χ1v) is 4.95. The molecule has 1 aromatic carbocycles. The molecule has 3 heteroatoms. The van der Waals surface area contributed by atoms with Gasteiger partial charge in [0.2, 0.25) is 0 Å². The Labute approximate surface area is 89.7 Å². The first-order valence-electron chi connectivity index (χ1n) is 4.95. The second-order valence-electron chi connectivity index (χ2n) is 3.65. The lowest BCUT2D eigenvalue weighted by Crippen LogP contribution is -2.19. The third-order valence-corrected chi connectivity index (χ3v) is 2.07. The van der Waals surface area contributed by atoms with Crippen molar-refractivity contribution in [2.45, 2.75) is 26.4 Å². The summed E-state index contributed by atoms with van der Waals surface area (Å²) in [7, 11) is 0. The summed E-state index contributed by atoms with van der Waals surface area (Å²) in [6.07, 6.45) is -0.121. The van der Waals surface area contributed by atoms with Crippen molar-refractivity contribution in [3.05, 3.63) is 35.4 Å². The number of benzene rings is 1. The maximum absolute atomic E-state index is 10.5. The highest BCUT2D eigenvalue weighted by Crippen LogP contribution is 2.06. The van der Waals surface area contributed by atoms with Crippen molar-refractivity contribution in [3.8, 4) is 0 Å². The summed E-state index contributed by atoms with van der Waals surface area (Å²) >= 11 is 0. The molecule has 0 saturated heterocycles. The summed E-state index contributed by atoms with van der Waals surface area (Å²) in [5.74, 6) is -0.363. The van der Waals surface area contributed by atoms with Crippen molar-refractivity contribution in [3.63, 3.8) is 0 Å². The van der Waals surface area contributed by atoms with Crippen LogP contribution >= 0.6 is 0 Å². The Morgan fingerprint density at radius 2 is 2.00 bits per heavy atom. The largest absolute Gasteiger partial charge is 0.463 e. The van der Waals surface area contributed by atoms with Gasteiger partial charge in [0.25, 0.3) is 0 Å². The minimum Gasteiger partial charge on any atom is -0.463 e. The van der Waals surface area contributed by atoms with Crippen LogP contribution in [0.2, 0.25) is 0 Å². The third kappa shape index (κ3) is 4.61. The number of esters is 1. The number of carbonyl (C=O) groups is 1. The molecule has 1 atom stereocenters. The molecule has 82 valence electrons.